The van der Waals surface area contributed by atoms with Crippen LogP contribution in [0.15, 0.2) is 12.1 Å². The number of hydrogen-bond donors (Lipinski definition) is 0. The lowest BCUT2D eigenvalue weighted by molar-refractivity contribution is 0.00578. The van der Waals surface area contributed by atoms with Crippen LogP contribution in [0.1, 0.15) is 33.3 Å². The minimum Gasteiger partial charge on any atom is -0.468 e. The van der Waals surface area contributed by atoms with Crippen LogP contribution in [0.5, 0.6) is 5.75 Å². The average molecular weight is 307 g/mol. The Morgan fingerprint density at radius 3 is 2.32 bits per heavy atom. The summed E-state index contributed by atoms with van der Waals surface area (Å²) in [5.74, 6) is -0.425. The van der Waals surface area contributed by atoms with Crippen molar-refractivity contribution >= 4 is 12.6 Å². The van der Waals surface area contributed by atoms with Crippen molar-refractivity contribution in [3.8, 4) is 11.8 Å². The second kappa shape index (κ2) is 5.88. The summed E-state index contributed by atoms with van der Waals surface area (Å²) in [5.41, 5.74) is -0.711. The van der Waals surface area contributed by atoms with E-state index in [1.54, 1.807) is 0 Å². The Labute approximate surface area is 130 Å². The Morgan fingerprint density at radius 2 is 1.82 bits per heavy atom. The smallest absolute Gasteiger partial charge is 0.468 e. The number of nitriles is 1. The molecular formula is C15H19BFNO4. The first-order valence-corrected chi connectivity index (χ1v) is 6.93. The number of halogens is 1. The molecule has 1 aliphatic rings. The molecule has 0 amide bonds. The van der Waals surface area contributed by atoms with E-state index in [0.717, 1.165) is 6.07 Å². The van der Waals surface area contributed by atoms with Gasteiger partial charge in [0.1, 0.15) is 17.6 Å². The average Bonchev–Trinajstić information content (AvgIpc) is 2.65. The van der Waals surface area contributed by atoms with Gasteiger partial charge in [0.2, 0.25) is 0 Å². The summed E-state index contributed by atoms with van der Waals surface area (Å²) in [6, 6.07) is 4.35. The third-order valence-corrected chi connectivity index (χ3v) is 4.06. The molecule has 0 unspecified atom stereocenters. The lowest BCUT2D eigenvalue weighted by atomic mass is 9.77. The topological polar surface area (TPSA) is 60.7 Å². The van der Waals surface area contributed by atoms with Crippen molar-refractivity contribution in [1.82, 2.24) is 0 Å². The van der Waals surface area contributed by atoms with E-state index in [9.17, 15) is 4.39 Å². The number of rotatable bonds is 4. The van der Waals surface area contributed by atoms with Crippen molar-refractivity contribution in [3.63, 3.8) is 0 Å². The Bertz CT molecular complexity index is 596. The minimum atomic E-state index is -0.746. The fraction of sp³-hybridized carbons (Fsp3) is 0.533. The highest BCUT2D eigenvalue weighted by molar-refractivity contribution is 6.63. The van der Waals surface area contributed by atoms with Gasteiger partial charge in [-0.2, -0.15) is 5.26 Å². The van der Waals surface area contributed by atoms with E-state index >= 15 is 0 Å². The first-order chi connectivity index (χ1) is 10.2. The maximum atomic E-state index is 13.8. The third kappa shape index (κ3) is 2.95. The van der Waals surface area contributed by atoms with Crippen molar-refractivity contribution in [3.05, 3.63) is 23.5 Å². The fourth-order valence-corrected chi connectivity index (χ4v) is 2.06. The summed E-state index contributed by atoms with van der Waals surface area (Å²) in [7, 11) is 0.721. The lowest BCUT2D eigenvalue weighted by Crippen LogP contribution is -2.41. The standard InChI is InChI=1S/C15H19BFNO4/c1-14(2)15(3,4)22-16(21-14)11-6-10(8-18)12(17)7-13(11)20-9-19-5/h6-7H,9H2,1-5H3. The minimum absolute atomic E-state index is 0.0438. The monoisotopic (exact) mass is 307 g/mol. The predicted octanol–water partition coefficient (Wildman–Crippen LogP) is 1.98. The van der Waals surface area contributed by atoms with Gasteiger partial charge in [-0.25, -0.2) is 4.39 Å². The molecule has 5 nitrogen and oxygen atoms in total. The van der Waals surface area contributed by atoms with Crippen LogP contribution in [0.4, 0.5) is 4.39 Å². The highest BCUT2D eigenvalue weighted by Gasteiger charge is 2.52. The summed E-state index contributed by atoms with van der Waals surface area (Å²) in [4.78, 5) is 0. The van der Waals surface area contributed by atoms with E-state index < -0.39 is 24.1 Å². The van der Waals surface area contributed by atoms with Crippen LogP contribution in [0, 0.1) is 17.1 Å². The van der Waals surface area contributed by atoms with Gasteiger partial charge in [-0.05, 0) is 33.8 Å². The Balaban J connectivity index is 2.43. The summed E-state index contributed by atoms with van der Waals surface area (Å²) in [5, 5.41) is 9.02. The Hall–Kier alpha value is -1.62. The molecule has 2 rings (SSSR count). The van der Waals surface area contributed by atoms with E-state index in [1.807, 2.05) is 33.8 Å². The van der Waals surface area contributed by atoms with Gasteiger partial charge in [-0.1, -0.05) is 0 Å². The molecule has 1 aromatic carbocycles. The zero-order chi connectivity index (χ0) is 16.5. The van der Waals surface area contributed by atoms with Gasteiger partial charge in [-0.3, -0.25) is 0 Å². The van der Waals surface area contributed by atoms with Gasteiger partial charge in [0.15, 0.2) is 6.79 Å². The molecule has 1 aliphatic heterocycles. The van der Waals surface area contributed by atoms with E-state index in [2.05, 4.69) is 0 Å². The molecule has 0 N–H and O–H groups in total. The van der Waals surface area contributed by atoms with Crippen molar-refractivity contribution < 1.29 is 23.2 Å². The van der Waals surface area contributed by atoms with Crippen molar-refractivity contribution in [2.24, 2.45) is 0 Å². The lowest BCUT2D eigenvalue weighted by Gasteiger charge is -2.32. The second-order valence-electron chi connectivity index (χ2n) is 6.12. The maximum absolute atomic E-state index is 13.8. The Morgan fingerprint density at radius 1 is 1.23 bits per heavy atom. The van der Waals surface area contributed by atoms with Crippen LogP contribution >= 0.6 is 0 Å². The zero-order valence-electron chi connectivity index (χ0n) is 13.4. The van der Waals surface area contributed by atoms with E-state index in [4.69, 9.17) is 24.0 Å². The largest absolute Gasteiger partial charge is 0.498 e. The molecule has 0 radical (unpaired) electrons. The highest BCUT2D eigenvalue weighted by atomic mass is 19.1. The first-order valence-electron chi connectivity index (χ1n) is 6.93. The molecule has 118 valence electrons. The Kier molecular flexibility index (Phi) is 4.48. The van der Waals surface area contributed by atoms with Crippen molar-refractivity contribution in [2.75, 3.05) is 13.9 Å². The molecule has 1 fully saturated rings. The van der Waals surface area contributed by atoms with Crippen LogP contribution < -0.4 is 10.2 Å². The molecular weight excluding hydrogens is 288 g/mol. The third-order valence-electron chi connectivity index (χ3n) is 4.06. The van der Waals surface area contributed by atoms with Crippen LogP contribution in [0.3, 0.4) is 0 Å². The van der Waals surface area contributed by atoms with Gasteiger partial charge in [0, 0.05) is 18.6 Å². The van der Waals surface area contributed by atoms with Crippen molar-refractivity contribution in [1.29, 1.82) is 5.26 Å². The van der Waals surface area contributed by atoms with Crippen molar-refractivity contribution in [2.45, 2.75) is 38.9 Å². The molecule has 22 heavy (non-hydrogen) atoms. The molecule has 0 bridgehead atoms. The molecule has 1 heterocycles. The van der Waals surface area contributed by atoms with Gasteiger partial charge < -0.3 is 18.8 Å². The van der Waals surface area contributed by atoms with Gasteiger partial charge in [-0.15, -0.1) is 0 Å². The highest BCUT2D eigenvalue weighted by Crippen LogP contribution is 2.37. The van der Waals surface area contributed by atoms with Crippen LogP contribution in [-0.2, 0) is 14.0 Å². The molecule has 1 aromatic rings. The molecule has 0 spiro atoms. The number of methoxy groups -OCH3 is 1. The normalized spacial score (nSPS) is 19.0. The van der Waals surface area contributed by atoms with E-state index in [-0.39, 0.29) is 18.1 Å². The van der Waals surface area contributed by atoms with Gasteiger partial charge in [0.05, 0.1) is 16.8 Å². The number of ether oxygens (including phenoxy) is 2. The number of hydrogen-bond acceptors (Lipinski definition) is 5. The summed E-state index contributed by atoms with van der Waals surface area (Å²) in [6.45, 7) is 7.61. The fourth-order valence-electron chi connectivity index (χ4n) is 2.06. The predicted molar refractivity (Wildman–Crippen MR) is 79.3 cm³/mol. The van der Waals surface area contributed by atoms with Gasteiger partial charge in [0.25, 0.3) is 0 Å². The molecule has 0 saturated carbocycles. The van der Waals surface area contributed by atoms with E-state index in [0.29, 0.717) is 5.46 Å². The van der Waals surface area contributed by atoms with Crippen LogP contribution in [-0.4, -0.2) is 32.2 Å². The summed E-state index contributed by atoms with van der Waals surface area (Å²) < 4.78 is 35.9. The quantitative estimate of drug-likeness (QED) is 0.629. The number of benzene rings is 1. The summed E-state index contributed by atoms with van der Waals surface area (Å²) in [6.07, 6.45) is 0. The molecule has 0 aromatic heterocycles. The molecule has 0 atom stereocenters. The summed E-state index contributed by atoms with van der Waals surface area (Å²) >= 11 is 0. The zero-order valence-corrected chi connectivity index (χ0v) is 13.4. The maximum Gasteiger partial charge on any atom is 0.498 e. The second-order valence-corrected chi connectivity index (χ2v) is 6.12. The van der Waals surface area contributed by atoms with Gasteiger partial charge >= 0.3 is 7.12 Å². The molecule has 0 aliphatic carbocycles. The van der Waals surface area contributed by atoms with E-state index in [1.165, 1.54) is 13.2 Å². The van der Waals surface area contributed by atoms with Crippen LogP contribution in [0.25, 0.3) is 0 Å². The first kappa shape index (κ1) is 16.8. The number of nitrogens with zero attached hydrogens (tertiary/aromatic N) is 1. The van der Waals surface area contributed by atoms with Crippen LogP contribution in [0.2, 0.25) is 0 Å². The SMILES string of the molecule is COCOc1cc(F)c(C#N)cc1B1OC(C)(C)C(C)(C)O1. The molecule has 1 saturated heterocycles. The molecule has 7 heteroatoms.